The third kappa shape index (κ3) is 4.86. The average molecular weight is 461 g/mol. The molecule has 0 atom stereocenters. The number of ether oxygens (including phenoxy) is 1. The van der Waals surface area contributed by atoms with Crippen LogP contribution < -0.4 is 10.1 Å². The van der Waals surface area contributed by atoms with Crippen molar-refractivity contribution in [2.24, 2.45) is 0 Å². The molecule has 1 N–H and O–H groups in total. The van der Waals surface area contributed by atoms with E-state index < -0.39 is 10.8 Å². The number of nitro groups is 1. The van der Waals surface area contributed by atoms with Crippen molar-refractivity contribution in [3.8, 4) is 11.8 Å². The van der Waals surface area contributed by atoms with Crippen LogP contribution in [0.25, 0.3) is 6.08 Å². The number of nitrogens with zero attached hydrogens (tertiary/aromatic N) is 2. The van der Waals surface area contributed by atoms with Crippen LogP contribution in [-0.2, 0) is 4.79 Å². The molecule has 1 amide bonds. The molecular weight excluding hydrogens is 452 g/mol. The minimum absolute atomic E-state index is 0.0640. The van der Waals surface area contributed by atoms with Crippen molar-refractivity contribution < 1.29 is 14.5 Å². The number of rotatable bonds is 5. The lowest BCUT2D eigenvalue weighted by Crippen LogP contribution is -2.14. The molecule has 0 bridgehead atoms. The summed E-state index contributed by atoms with van der Waals surface area (Å²) in [6.45, 7) is 0. The Labute approximate surface area is 179 Å². The van der Waals surface area contributed by atoms with E-state index in [0.717, 1.165) is 12.1 Å². The molecule has 2 rings (SSSR count). The van der Waals surface area contributed by atoms with E-state index in [-0.39, 0.29) is 42.8 Å². The molecule has 0 aliphatic rings. The van der Waals surface area contributed by atoms with E-state index in [1.807, 2.05) is 0 Å². The molecule has 7 nitrogen and oxygen atoms in total. The predicted octanol–water partition coefficient (Wildman–Crippen LogP) is 5.76. The Morgan fingerprint density at radius 3 is 2.11 bits per heavy atom. The van der Waals surface area contributed by atoms with Crippen LogP contribution in [0.4, 0.5) is 11.4 Å². The number of amides is 1. The summed E-state index contributed by atoms with van der Waals surface area (Å²) in [5.41, 5.74) is -0.330. The molecule has 144 valence electrons. The Morgan fingerprint density at radius 1 is 1.14 bits per heavy atom. The summed E-state index contributed by atoms with van der Waals surface area (Å²) in [6.07, 6.45) is 1.25. The van der Waals surface area contributed by atoms with Gasteiger partial charge in [0.2, 0.25) is 0 Å². The van der Waals surface area contributed by atoms with Gasteiger partial charge in [-0.1, -0.05) is 46.4 Å². The molecule has 2 aromatic carbocycles. The number of carbonyl (C=O) groups is 1. The van der Waals surface area contributed by atoms with Gasteiger partial charge in [0, 0.05) is 12.1 Å². The Hall–Kier alpha value is -2.50. The molecule has 0 unspecified atom stereocenters. The minimum atomic E-state index is -0.830. The van der Waals surface area contributed by atoms with E-state index in [9.17, 15) is 20.2 Å². The second kappa shape index (κ2) is 9.13. The van der Waals surface area contributed by atoms with E-state index in [1.165, 1.54) is 25.3 Å². The number of carbonyl (C=O) groups excluding carboxylic acids is 1. The van der Waals surface area contributed by atoms with Crippen LogP contribution in [0.2, 0.25) is 20.1 Å². The van der Waals surface area contributed by atoms with E-state index in [2.05, 4.69) is 5.32 Å². The van der Waals surface area contributed by atoms with Gasteiger partial charge in [0.05, 0.1) is 37.8 Å². The molecule has 0 saturated heterocycles. The largest absolute Gasteiger partial charge is 0.494 e. The van der Waals surface area contributed by atoms with Crippen LogP contribution in [0.1, 0.15) is 5.56 Å². The summed E-state index contributed by atoms with van der Waals surface area (Å²) in [5, 5.41) is 22.6. The van der Waals surface area contributed by atoms with Crippen molar-refractivity contribution in [2.45, 2.75) is 0 Å². The number of methoxy groups -OCH3 is 1. The number of nitro benzene ring substituents is 1. The number of nitriles is 1. The van der Waals surface area contributed by atoms with Crippen LogP contribution in [-0.4, -0.2) is 17.9 Å². The van der Waals surface area contributed by atoms with Crippen molar-refractivity contribution in [1.82, 2.24) is 0 Å². The molecule has 0 aliphatic heterocycles. The monoisotopic (exact) mass is 459 g/mol. The maximum atomic E-state index is 12.4. The highest BCUT2D eigenvalue weighted by Crippen LogP contribution is 2.36. The Bertz CT molecular complexity index is 1000. The summed E-state index contributed by atoms with van der Waals surface area (Å²) in [7, 11) is 1.40. The fourth-order valence-electron chi connectivity index (χ4n) is 2.14. The van der Waals surface area contributed by atoms with Gasteiger partial charge in [0.25, 0.3) is 11.6 Å². The van der Waals surface area contributed by atoms with Gasteiger partial charge in [-0.15, -0.1) is 0 Å². The van der Waals surface area contributed by atoms with Gasteiger partial charge < -0.3 is 10.1 Å². The molecule has 28 heavy (non-hydrogen) atoms. The number of nitrogens with one attached hydrogen (secondary N) is 1. The summed E-state index contributed by atoms with van der Waals surface area (Å²) in [4.78, 5) is 22.6. The first-order valence-electron chi connectivity index (χ1n) is 7.27. The lowest BCUT2D eigenvalue weighted by Gasteiger charge is -2.09. The van der Waals surface area contributed by atoms with E-state index in [1.54, 1.807) is 6.07 Å². The average Bonchev–Trinajstić information content (AvgIpc) is 2.62. The number of benzene rings is 2. The summed E-state index contributed by atoms with van der Waals surface area (Å²) in [5.74, 6) is -0.573. The van der Waals surface area contributed by atoms with Crippen LogP contribution in [0.15, 0.2) is 29.8 Å². The highest BCUT2D eigenvalue weighted by molar-refractivity contribution is 6.40. The lowest BCUT2D eigenvalue weighted by molar-refractivity contribution is -0.384. The Balaban J connectivity index is 2.36. The molecule has 0 aromatic heterocycles. The van der Waals surface area contributed by atoms with Gasteiger partial charge in [-0.2, -0.15) is 5.26 Å². The third-order valence-electron chi connectivity index (χ3n) is 3.38. The first kappa shape index (κ1) is 21.8. The number of hydrogen-bond donors (Lipinski definition) is 1. The quantitative estimate of drug-likeness (QED) is 0.264. The first-order valence-corrected chi connectivity index (χ1v) is 8.78. The van der Waals surface area contributed by atoms with Crippen molar-refractivity contribution in [2.75, 3.05) is 12.4 Å². The molecule has 0 spiro atoms. The number of anilines is 1. The van der Waals surface area contributed by atoms with Crippen LogP contribution in [0.5, 0.6) is 5.75 Å². The van der Waals surface area contributed by atoms with Crippen molar-refractivity contribution in [3.05, 3.63) is 65.6 Å². The zero-order valence-electron chi connectivity index (χ0n) is 13.9. The Morgan fingerprint density at radius 2 is 1.68 bits per heavy atom. The molecule has 0 saturated carbocycles. The number of non-ortho nitro benzene ring substituents is 1. The van der Waals surface area contributed by atoms with Gasteiger partial charge >= 0.3 is 0 Å². The summed E-state index contributed by atoms with van der Waals surface area (Å²) >= 11 is 24.0. The zero-order chi connectivity index (χ0) is 21.0. The smallest absolute Gasteiger partial charge is 0.272 e. The van der Waals surface area contributed by atoms with E-state index in [4.69, 9.17) is 51.1 Å². The number of halogens is 4. The van der Waals surface area contributed by atoms with Crippen LogP contribution >= 0.6 is 46.4 Å². The van der Waals surface area contributed by atoms with Gasteiger partial charge in [-0.3, -0.25) is 14.9 Å². The second-order valence-corrected chi connectivity index (χ2v) is 6.81. The van der Waals surface area contributed by atoms with Gasteiger partial charge in [-0.25, -0.2) is 0 Å². The molecule has 0 heterocycles. The molecule has 0 radical (unpaired) electrons. The van der Waals surface area contributed by atoms with Crippen molar-refractivity contribution in [1.29, 1.82) is 5.26 Å². The van der Waals surface area contributed by atoms with E-state index in [0.29, 0.717) is 5.56 Å². The fourth-order valence-corrected chi connectivity index (χ4v) is 3.37. The normalized spacial score (nSPS) is 10.9. The van der Waals surface area contributed by atoms with Gasteiger partial charge in [0.15, 0.2) is 5.75 Å². The maximum Gasteiger partial charge on any atom is 0.272 e. The molecule has 11 heteroatoms. The fraction of sp³-hybridized carbons (Fsp3) is 0.0588. The molecular formula is C17H9Cl4N3O4. The molecule has 0 aliphatic carbocycles. The predicted molar refractivity (Wildman–Crippen MR) is 108 cm³/mol. The SMILES string of the molecule is COc1c(Cl)cc(/C=C(\C#N)C(=O)Nc2c(Cl)cc([N+](=O)[O-])cc2Cl)cc1Cl. The van der Waals surface area contributed by atoms with Crippen molar-refractivity contribution >= 4 is 69.8 Å². The maximum absolute atomic E-state index is 12.4. The Kier molecular flexibility index (Phi) is 7.11. The third-order valence-corrected chi connectivity index (χ3v) is 4.53. The minimum Gasteiger partial charge on any atom is -0.494 e. The van der Waals surface area contributed by atoms with Crippen LogP contribution in [0.3, 0.4) is 0 Å². The highest BCUT2D eigenvalue weighted by Gasteiger charge is 2.18. The van der Waals surface area contributed by atoms with E-state index >= 15 is 0 Å². The van der Waals surface area contributed by atoms with Crippen LogP contribution in [0, 0.1) is 21.4 Å². The zero-order valence-corrected chi connectivity index (χ0v) is 16.9. The number of hydrogen-bond acceptors (Lipinski definition) is 5. The molecule has 2 aromatic rings. The van der Waals surface area contributed by atoms with Gasteiger partial charge in [0.1, 0.15) is 11.6 Å². The summed E-state index contributed by atoms with van der Waals surface area (Å²) in [6, 6.07) is 6.73. The first-order chi connectivity index (χ1) is 13.2. The second-order valence-electron chi connectivity index (χ2n) is 5.18. The summed E-state index contributed by atoms with van der Waals surface area (Å²) < 4.78 is 5.04. The van der Waals surface area contributed by atoms with Crippen molar-refractivity contribution in [3.63, 3.8) is 0 Å². The lowest BCUT2D eigenvalue weighted by atomic mass is 10.1. The van der Waals surface area contributed by atoms with Gasteiger partial charge in [-0.05, 0) is 23.8 Å². The topological polar surface area (TPSA) is 105 Å². The standard InChI is InChI=1S/C17H9Cl4N3O4/c1-28-16-13(20)3-8(4-14(16)21)2-9(7-22)17(25)23-15-11(18)5-10(24(26)27)6-12(15)19/h2-6H,1H3,(H,23,25)/b9-2+. The highest BCUT2D eigenvalue weighted by atomic mass is 35.5. The molecule has 0 fully saturated rings.